The fraction of sp³-hybridized carbons (Fsp3) is 0. The monoisotopic (exact) mass is 284 g/mol. The van der Waals surface area contributed by atoms with Gasteiger partial charge in [-0.3, -0.25) is 9.59 Å². The van der Waals surface area contributed by atoms with Crippen LogP contribution in [0.2, 0.25) is 0 Å². The van der Waals surface area contributed by atoms with Crippen molar-refractivity contribution in [3.63, 3.8) is 0 Å². The molecular formula is C14H9FN4O2. The standard InChI is InChI=1S/C14H9FN4O2/c15-12-11(5-2-6-18-12)14(21)19(17)13(20)10-4-1-3-9(7-10)8-16/h1-7H,17H2. The zero-order valence-electron chi connectivity index (χ0n) is 10.7. The molecule has 0 saturated heterocycles. The number of amides is 2. The molecule has 6 nitrogen and oxygen atoms in total. The molecule has 1 aromatic carbocycles. The molecule has 0 aliphatic rings. The van der Waals surface area contributed by atoms with E-state index in [0.717, 1.165) is 0 Å². The zero-order valence-corrected chi connectivity index (χ0v) is 10.7. The molecule has 2 aromatic rings. The van der Waals surface area contributed by atoms with Gasteiger partial charge in [0, 0.05) is 11.8 Å². The van der Waals surface area contributed by atoms with Crippen LogP contribution in [0.25, 0.3) is 0 Å². The van der Waals surface area contributed by atoms with Crippen molar-refractivity contribution in [2.45, 2.75) is 0 Å². The summed E-state index contributed by atoms with van der Waals surface area (Å²) in [5.41, 5.74) is -0.117. The number of halogens is 1. The minimum atomic E-state index is -1.02. The van der Waals surface area contributed by atoms with Crippen LogP contribution in [0.1, 0.15) is 26.3 Å². The van der Waals surface area contributed by atoms with Crippen molar-refractivity contribution in [1.29, 1.82) is 5.26 Å². The number of hydrogen-bond acceptors (Lipinski definition) is 5. The maximum Gasteiger partial charge on any atom is 0.279 e. The van der Waals surface area contributed by atoms with Crippen molar-refractivity contribution in [2.24, 2.45) is 5.84 Å². The summed E-state index contributed by atoms with van der Waals surface area (Å²) in [5, 5.41) is 9.06. The van der Waals surface area contributed by atoms with Crippen LogP contribution in [0.5, 0.6) is 0 Å². The molecule has 2 amide bonds. The normalized spacial score (nSPS) is 9.76. The van der Waals surface area contributed by atoms with Gasteiger partial charge in [-0.1, -0.05) is 6.07 Å². The van der Waals surface area contributed by atoms with Crippen molar-refractivity contribution >= 4 is 11.8 Å². The summed E-state index contributed by atoms with van der Waals surface area (Å²) in [6, 6.07) is 10.1. The molecule has 0 atom stereocenters. The Balaban J connectivity index is 2.29. The fourth-order valence-electron chi connectivity index (χ4n) is 1.63. The Morgan fingerprint density at radius 3 is 2.67 bits per heavy atom. The molecule has 21 heavy (non-hydrogen) atoms. The largest absolute Gasteiger partial charge is 0.279 e. The predicted octanol–water partition coefficient (Wildman–Crippen LogP) is 1.25. The molecule has 0 spiro atoms. The lowest BCUT2D eigenvalue weighted by Crippen LogP contribution is -2.43. The molecule has 0 fully saturated rings. The first kappa shape index (κ1) is 14.3. The fourth-order valence-corrected chi connectivity index (χ4v) is 1.63. The van der Waals surface area contributed by atoms with Crippen LogP contribution in [0.4, 0.5) is 4.39 Å². The minimum Gasteiger partial charge on any atom is -0.267 e. The van der Waals surface area contributed by atoms with Gasteiger partial charge >= 0.3 is 0 Å². The highest BCUT2D eigenvalue weighted by molar-refractivity contribution is 6.09. The second kappa shape index (κ2) is 5.90. The number of imide groups is 1. The summed E-state index contributed by atoms with van der Waals surface area (Å²) < 4.78 is 13.4. The predicted molar refractivity (Wildman–Crippen MR) is 70.0 cm³/mol. The van der Waals surface area contributed by atoms with Crippen LogP contribution in [0.15, 0.2) is 42.6 Å². The summed E-state index contributed by atoms with van der Waals surface area (Å²) in [6.45, 7) is 0. The highest BCUT2D eigenvalue weighted by Gasteiger charge is 2.24. The number of carbonyl (C=O) groups is 2. The second-order valence-electron chi connectivity index (χ2n) is 4.01. The number of pyridine rings is 1. The van der Waals surface area contributed by atoms with Crippen LogP contribution >= 0.6 is 0 Å². The molecule has 0 unspecified atom stereocenters. The van der Waals surface area contributed by atoms with Gasteiger partial charge in [0.2, 0.25) is 5.95 Å². The Kier molecular flexibility index (Phi) is 4.02. The van der Waals surface area contributed by atoms with Gasteiger partial charge in [0.25, 0.3) is 11.8 Å². The highest BCUT2D eigenvalue weighted by atomic mass is 19.1. The van der Waals surface area contributed by atoms with Gasteiger partial charge in [0.1, 0.15) is 0 Å². The van der Waals surface area contributed by atoms with Gasteiger partial charge in [-0.2, -0.15) is 9.65 Å². The van der Waals surface area contributed by atoms with E-state index >= 15 is 0 Å². The number of aromatic nitrogens is 1. The van der Waals surface area contributed by atoms with Crippen LogP contribution in [0, 0.1) is 17.3 Å². The Morgan fingerprint density at radius 1 is 1.24 bits per heavy atom. The number of nitriles is 1. The van der Waals surface area contributed by atoms with E-state index in [1.165, 1.54) is 42.6 Å². The third kappa shape index (κ3) is 2.91. The van der Waals surface area contributed by atoms with Crippen molar-refractivity contribution in [3.8, 4) is 6.07 Å². The van der Waals surface area contributed by atoms with Crippen molar-refractivity contribution in [1.82, 2.24) is 9.99 Å². The summed E-state index contributed by atoms with van der Waals surface area (Å²) >= 11 is 0. The number of hydrazine groups is 1. The number of nitrogens with zero attached hydrogens (tertiary/aromatic N) is 3. The first-order chi connectivity index (χ1) is 10.0. The van der Waals surface area contributed by atoms with Crippen molar-refractivity contribution < 1.29 is 14.0 Å². The average Bonchev–Trinajstić information content (AvgIpc) is 2.53. The summed E-state index contributed by atoms with van der Waals surface area (Å²) in [6.07, 6.45) is 1.17. The Labute approximate surface area is 119 Å². The van der Waals surface area contributed by atoms with Crippen LogP contribution in [-0.2, 0) is 0 Å². The van der Waals surface area contributed by atoms with Gasteiger partial charge in [0.15, 0.2) is 0 Å². The number of hydrogen-bond donors (Lipinski definition) is 1. The second-order valence-corrected chi connectivity index (χ2v) is 4.01. The van der Waals surface area contributed by atoms with Crippen LogP contribution < -0.4 is 5.84 Å². The lowest BCUT2D eigenvalue weighted by atomic mass is 10.1. The average molecular weight is 284 g/mol. The van der Waals surface area contributed by atoms with Crippen LogP contribution in [0.3, 0.4) is 0 Å². The van der Waals surface area contributed by atoms with Crippen molar-refractivity contribution in [3.05, 3.63) is 65.2 Å². The van der Waals surface area contributed by atoms with E-state index in [9.17, 15) is 14.0 Å². The number of nitrogens with two attached hydrogens (primary N) is 1. The van der Waals surface area contributed by atoms with E-state index in [1.54, 1.807) is 0 Å². The van der Waals surface area contributed by atoms with Gasteiger partial charge < -0.3 is 0 Å². The molecule has 0 aliphatic carbocycles. The molecule has 2 N–H and O–H groups in total. The summed E-state index contributed by atoms with van der Waals surface area (Å²) in [7, 11) is 0. The third-order valence-corrected chi connectivity index (χ3v) is 2.67. The lowest BCUT2D eigenvalue weighted by molar-refractivity contribution is 0.0612. The first-order valence-electron chi connectivity index (χ1n) is 5.78. The molecule has 0 radical (unpaired) electrons. The molecule has 1 aromatic heterocycles. The Morgan fingerprint density at radius 2 is 2.00 bits per heavy atom. The Bertz CT molecular complexity index is 755. The van der Waals surface area contributed by atoms with Crippen molar-refractivity contribution in [2.75, 3.05) is 0 Å². The van der Waals surface area contributed by atoms with Gasteiger partial charge in [-0.15, -0.1) is 0 Å². The molecule has 2 rings (SSSR count). The van der Waals surface area contributed by atoms with E-state index in [0.29, 0.717) is 0 Å². The SMILES string of the molecule is N#Cc1cccc(C(=O)N(N)C(=O)c2cccnc2F)c1. The van der Waals surface area contributed by atoms with E-state index < -0.39 is 23.3 Å². The zero-order chi connectivity index (χ0) is 15.4. The quantitative estimate of drug-likeness (QED) is 0.294. The van der Waals surface area contributed by atoms with E-state index in [2.05, 4.69) is 4.98 Å². The Hall–Kier alpha value is -3.11. The molecule has 104 valence electrons. The highest BCUT2D eigenvalue weighted by Crippen LogP contribution is 2.10. The molecule has 7 heteroatoms. The molecule has 0 saturated carbocycles. The summed E-state index contributed by atoms with van der Waals surface area (Å²) in [5.74, 6) is 2.56. The maximum atomic E-state index is 13.4. The summed E-state index contributed by atoms with van der Waals surface area (Å²) in [4.78, 5) is 27.4. The van der Waals surface area contributed by atoms with E-state index in [1.807, 2.05) is 6.07 Å². The topological polar surface area (TPSA) is 100 Å². The number of benzene rings is 1. The van der Waals surface area contributed by atoms with Gasteiger partial charge in [0.05, 0.1) is 17.2 Å². The van der Waals surface area contributed by atoms with Crippen LogP contribution in [-0.4, -0.2) is 21.8 Å². The lowest BCUT2D eigenvalue weighted by Gasteiger charge is -2.14. The third-order valence-electron chi connectivity index (χ3n) is 2.67. The molecule has 0 aliphatic heterocycles. The number of rotatable bonds is 2. The van der Waals surface area contributed by atoms with Gasteiger partial charge in [-0.25, -0.2) is 15.8 Å². The maximum absolute atomic E-state index is 13.4. The first-order valence-corrected chi connectivity index (χ1v) is 5.78. The smallest absolute Gasteiger partial charge is 0.267 e. The van der Waals surface area contributed by atoms with E-state index in [-0.39, 0.29) is 16.1 Å². The molecular weight excluding hydrogens is 275 g/mol. The number of carbonyl (C=O) groups excluding carboxylic acids is 2. The minimum absolute atomic E-state index is 0.0502. The molecule has 1 heterocycles. The molecule has 0 bridgehead atoms. The van der Waals surface area contributed by atoms with E-state index in [4.69, 9.17) is 11.1 Å². The van der Waals surface area contributed by atoms with Gasteiger partial charge in [-0.05, 0) is 30.3 Å².